The molecular weight excluding hydrogens is 1070 g/mol. The van der Waals surface area contributed by atoms with Crippen LogP contribution in [0.5, 0.6) is 57.5 Å². The van der Waals surface area contributed by atoms with Crippen LogP contribution >= 0.6 is 63.7 Å². The highest BCUT2D eigenvalue weighted by molar-refractivity contribution is 9.09. The van der Waals surface area contributed by atoms with Gasteiger partial charge in [-0.05, 0) is 60.7 Å². The zero-order valence-electron chi connectivity index (χ0n) is 36.6. The lowest BCUT2D eigenvalue weighted by molar-refractivity contribution is 0.329. The molecule has 0 aromatic heterocycles. The second-order valence-corrected chi connectivity index (χ2v) is 17.8. The van der Waals surface area contributed by atoms with E-state index in [0.29, 0.717) is 114 Å². The van der Waals surface area contributed by atoms with Gasteiger partial charge in [0.1, 0.15) is 57.5 Å². The predicted molar refractivity (Wildman–Crippen MR) is 263 cm³/mol. The minimum Gasteiger partial charge on any atom is -0.496 e. The molecule has 5 aromatic carbocycles. The van der Waals surface area contributed by atoms with Gasteiger partial charge in [0.05, 0.1) is 69.1 Å². The molecule has 15 rings (SSSR count). The van der Waals surface area contributed by atoms with E-state index < -0.39 is 0 Å². The van der Waals surface area contributed by atoms with Gasteiger partial charge in [0, 0.05) is 109 Å². The molecule has 0 saturated carbocycles. The van der Waals surface area contributed by atoms with E-state index in [0.717, 1.165) is 78.6 Å². The van der Waals surface area contributed by atoms with Crippen LogP contribution in [0.1, 0.15) is 55.6 Å². The highest BCUT2D eigenvalue weighted by Crippen LogP contribution is 2.42. The number of hydrogen-bond acceptors (Lipinski definition) is 10. The highest BCUT2D eigenvalue weighted by Gasteiger charge is 2.24. The van der Waals surface area contributed by atoms with Crippen molar-refractivity contribution < 1.29 is 47.4 Å². The number of alkyl halides is 4. The second kappa shape index (κ2) is 23.8. The van der Waals surface area contributed by atoms with E-state index >= 15 is 0 Å². The quantitative estimate of drug-likeness (QED) is 0.0775. The molecule has 0 fully saturated rings. The lowest BCUT2D eigenvalue weighted by Crippen LogP contribution is -2.08. The van der Waals surface area contributed by atoms with Crippen LogP contribution in [0.4, 0.5) is 0 Å². The number of hydrogen-bond donors (Lipinski definition) is 0. The maximum Gasteiger partial charge on any atom is 0.123 e. The largest absolute Gasteiger partial charge is 0.496 e. The average molecular weight is 1120 g/mol. The van der Waals surface area contributed by atoms with Crippen LogP contribution in [-0.4, -0.2) is 90.4 Å². The summed E-state index contributed by atoms with van der Waals surface area (Å²) in [6.45, 7) is 1.87. The van der Waals surface area contributed by atoms with Gasteiger partial charge in [0.15, 0.2) is 0 Å². The molecule has 0 radical (unpaired) electrons. The first-order valence-corrected chi connectivity index (χ1v) is 25.0. The Labute approximate surface area is 404 Å². The third kappa shape index (κ3) is 11.8. The normalized spacial score (nSPS) is 12.2. The first-order valence-electron chi connectivity index (χ1n) is 20.5. The molecule has 0 aliphatic heterocycles. The van der Waals surface area contributed by atoms with Crippen LogP contribution in [-0.2, 0) is 32.1 Å². The lowest BCUT2D eigenvalue weighted by atomic mass is 9.94. The molecule has 338 valence electrons. The highest BCUT2D eigenvalue weighted by atomic mass is 79.9. The third-order valence-corrected chi connectivity index (χ3v) is 12.1. The van der Waals surface area contributed by atoms with Crippen molar-refractivity contribution in [3.63, 3.8) is 0 Å². The molecule has 0 saturated heterocycles. The van der Waals surface area contributed by atoms with Crippen molar-refractivity contribution in [1.29, 1.82) is 0 Å². The van der Waals surface area contributed by atoms with Gasteiger partial charge in [-0.3, -0.25) is 0 Å². The van der Waals surface area contributed by atoms with Crippen molar-refractivity contribution in [3.8, 4) is 57.5 Å². The van der Waals surface area contributed by atoms with E-state index in [1.165, 1.54) is 0 Å². The number of ether oxygens (including phenoxy) is 10. The Balaban J connectivity index is 1.64. The molecular formula is C49H54Br4O10. The number of halogens is 4. The second-order valence-electron chi connectivity index (χ2n) is 14.6. The molecule has 0 unspecified atom stereocenters. The van der Waals surface area contributed by atoms with Gasteiger partial charge < -0.3 is 47.4 Å². The fraction of sp³-hybridized carbons (Fsp3) is 0.388. The van der Waals surface area contributed by atoms with Gasteiger partial charge >= 0.3 is 0 Å². The minimum atomic E-state index is 0.466. The van der Waals surface area contributed by atoms with Crippen molar-refractivity contribution >= 4 is 63.7 Å². The Hall–Kier alpha value is -3.98. The van der Waals surface area contributed by atoms with Crippen molar-refractivity contribution in [2.45, 2.75) is 32.1 Å². The van der Waals surface area contributed by atoms with Crippen LogP contribution in [0, 0.1) is 0 Å². The topological polar surface area (TPSA) is 92.3 Å². The summed E-state index contributed by atoms with van der Waals surface area (Å²) < 4.78 is 62.4. The molecule has 14 heteroatoms. The maximum atomic E-state index is 6.46. The Bertz CT molecular complexity index is 2180. The molecule has 5 aromatic rings. The van der Waals surface area contributed by atoms with Gasteiger partial charge in [-0.25, -0.2) is 0 Å². The van der Waals surface area contributed by atoms with Gasteiger partial charge in [-0.2, -0.15) is 0 Å². The van der Waals surface area contributed by atoms with Gasteiger partial charge in [0.2, 0.25) is 0 Å². The van der Waals surface area contributed by atoms with Crippen LogP contribution in [0.3, 0.4) is 0 Å². The zero-order valence-corrected chi connectivity index (χ0v) is 42.9. The van der Waals surface area contributed by atoms with E-state index in [-0.39, 0.29) is 0 Å². The van der Waals surface area contributed by atoms with Crippen molar-refractivity contribution in [3.05, 3.63) is 116 Å². The van der Waals surface area contributed by atoms with Crippen molar-refractivity contribution in [2.75, 3.05) is 90.4 Å². The molecule has 0 heterocycles. The molecule has 63 heavy (non-hydrogen) atoms. The van der Waals surface area contributed by atoms with Crippen molar-refractivity contribution in [2.24, 2.45) is 0 Å². The molecule has 10 aliphatic carbocycles. The van der Waals surface area contributed by atoms with Crippen molar-refractivity contribution in [1.82, 2.24) is 0 Å². The molecule has 0 N–H and O–H groups in total. The predicted octanol–water partition coefficient (Wildman–Crippen LogP) is 11.1. The standard InChI is InChI=1S/C49H54Br4O10/c1-54-40-22-32-16-36-26-48(62-13-9-52)38(28-46(36)60-11-7-50)18-34-24-45(59-6)35(25-44(34)58-5)19-39-29-47(61-12-8-51)37(27-49(39)63-14-10-53)17-33-23-41(55-2)31(21-43(33)57-4)15-30(40)20-42(32)56-3/h20-29H,7-19H2,1-6H3. The lowest BCUT2D eigenvalue weighted by Gasteiger charge is -2.21. The van der Waals surface area contributed by atoms with E-state index in [1.807, 2.05) is 24.3 Å². The molecule has 10 bridgehead atoms. The number of rotatable bonds is 18. The fourth-order valence-electron chi connectivity index (χ4n) is 7.90. The summed E-state index contributed by atoms with van der Waals surface area (Å²) in [5.74, 6) is 7.24. The number of methoxy groups -OCH3 is 6. The first kappa shape index (κ1) is 48.5. The maximum absolute atomic E-state index is 6.46. The summed E-state index contributed by atoms with van der Waals surface area (Å²) in [5, 5.41) is 2.64. The first-order chi connectivity index (χ1) is 30.7. The monoisotopic (exact) mass is 1120 g/mol. The summed E-state index contributed by atoms with van der Waals surface area (Å²) in [6, 6.07) is 20.6. The zero-order chi connectivity index (χ0) is 44.9. The Morgan fingerprint density at radius 2 is 0.413 bits per heavy atom. The number of benzene rings is 5. The smallest absolute Gasteiger partial charge is 0.123 e. The van der Waals surface area contributed by atoms with Gasteiger partial charge in [0.25, 0.3) is 0 Å². The van der Waals surface area contributed by atoms with E-state index in [2.05, 4.69) is 100 Å². The van der Waals surface area contributed by atoms with E-state index in [1.54, 1.807) is 42.7 Å². The third-order valence-electron chi connectivity index (χ3n) is 10.8. The Kier molecular flexibility index (Phi) is 18.3. The van der Waals surface area contributed by atoms with Crippen LogP contribution in [0.25, 0.3) is 0 Å². The molecule has 0 atom stereocenters. The fourth-order valence-corrected chi connectivity index (χ4v) is 8.55. The van der Waals surface area contributed by atoms with Crippen LogP contribution in [0.15, 0.2) is 60.7 Å². The molecule has 10 aliphatic rings. The SMILES string of the molecule is COc1cc2c(OC)cc1Cc1cc(OC)c(cc1OC)Cc1cc(OCCBr)c(cc1OCCBr)Cc1cc(OC)c(cc1OC)Cc1cc(OCCBr)c(cc1OCCBr)C2. The summed E-state index contributed by atoms with van der Waals surface area (Å²) >= 11 is 14.2. The van der Waals surface area contributed by atoms with Gasteiger partial charge in [-0.1, -0.05) is 63.7 Å². The molecule has 0 amide bonds. The van der Waals surface area contributed by atoms with Crippen LogP contribution in [0.2, 0.25) is 0 Å². The Morgan fingerprint density at radius 1 is 0.270 bits per heavy atom. The summed E-state index contributed by atoms with van der Waals surface area (Å²) in [5.41, 5.74) is 9.31. The Morgan fingerprint density at radius 3 is 0.556 bits per heavy atom. The average Bonchev–Trinajstić information content (AvgIpc) is 3.30. The van der Waals surface area contributed by atoms with E-state index in [9.17, 15) is 0 Å². The molecule has 0 spiro atoms. The van der Waals surface area contributed by atoms with Gasteiger partial charge in [-0.15, -0.1) is 0 Å². The van der Waals surface area contributed by atoms with Crippen LogP contribution < -0.4 is 47.4 Å². The minimum absolute atomic E-state index is 0.466. The molecule has 10 nitrogen and oxygen atoms in total. The van der Waals surface area contributed by atoms with E-state index in [4.69, 9.17) is 47.4 Å². The summed E-state index contributed by atoms with van der Waals surface area (Å²) in [4.78, 5) is 0. The summed E-state index contributed by atoms with van der Waals surface area (Å²) in [6.07, 6.45) is 2.44. The summed E-state index contributed by atoms with van der Waals surface area (Å²) in [7, 11) is 10.1.